The monoisotopic (exact) mass is 395 g/mol. The highest BCUT2D eigenvalue weighted by atomic mass is 32.2. The summed E-state index contributed by atoms with van der Waals surface area (Å²) in [5, 5.41) is 0.193. The van der Waals surface area contributed by atoms with E-state index in [9.17, 15) is 12.8 Å². The van der Waals surface area contributed by atoms with Crippen LogP contribution in [0.5, 0.6) is 11.5 Å². The Morgan fingerprint density at radius 2 is 1.81 bits per heavy atom. The summed E-state index contributed by atoms with van der Waals surface area (Å²) in [5.74, 6) is 1.73. The maximum Gasteiger partial charge on any atom is 0.243 e. The van der Waals surface area contributed by atoms with Gasteiger partial charge >= 0.3 is 0 Å². The maximum absolute atomic E-state index is 13.1. The molecule has 26 heavy (non-hydrogen) atoms. The standard InChI is InChI=1S/C18H18FNO4S2/c19-14-2-4-15(5-3-14)26(21,22)20-8-7-18(25-10-9-20)13-1-6-16-17(11-13)24-12-23-16/h1-6,11,18H,7-10,12H2. The van der Waals surface area contributed by atoms with Crippen molar-refractivity contribution in [2.24, 2.45) is 0 Å². The van der Waals surface area contributed by atoms with Gasteiger partial charge in [-0.05, 0) is 48.4 Å². The Morgan fingerprint density at radius 1 is 1.04 bits per heavy atom. The predicted molar refractivity (Wildman–Crippen MR) is 97.5 cm³/mol. The number of hydrogen-bond donors (Lipinski definition) is 0. The van der Waals surface area contributed by atoms with Crippen LogP contribution in [0.3, 0.4) is 0 Å². The average Bonchev–Trinajstić information content (AvgIpc) is 2.96. The van der Waals surface area contributed by atoms with Crippen molar-refractivity contribution < 1.29 is 22.3 Å². The first-order valence-corrected chi connectivity index (χ1v) is 10.8. The van der Waals surface area contributed by atoms with Crippen LogP contribution in [-0.2, 0) is 10.0 Å². The van der Waals surface area contributed by atoms with Gasteiger partial charge in [0.05, 0.1) is 4.90 Å². The fraction of sp³-hybridized carbons (Fsp3) is 0.333. The second-order valence-electron chi connectivity index (χ2n) is 6.12. The zero-order valence-electron chi connectivity index (χ0n) is 13.9. The molecule has 2 aromatic carbocycles. The molecule has 0 N–H and O–H groups in total. The zero-order valence-corrected chi connectivity index (χ0v) is 15.6. The molecule has 5 nitrogen and oxygen atoms in total. The third kappa shape index (κ3) is 3.41. The van der Waals surface area contributed by atoms with Crippen LogP contribution in [0.25, 0.3) is 0 Å². The minimum Gasteiger partial charge on any atom is -0.454 e. The van der Waals surface area contributed by atoms with Gasteiger partial charge in [0.2, 0.25) is 16.8 Å². The van der Waals surface area contributed by atoms with Gasteiger partial charge in [-0.3, -0.25) is 0 Å². The van der Waals surface area contributed by atoms with Crippen LogP contribution < -0.4 is 9.47 Å². The van der Waals surface area contributed by atoms with Gasteiger partial charge in [-0.1, -0.05) is 6.07 Å². The molecule has 1 atom stereocenters. The van der Waals surface area contributed by atoms with Crippen LogP contribution in [-0.4, -0.2) is 38.4 Å². The molecule has 0 spiro atoms. The van der Waals surface area contributed by atoms with Crippen molar-refractivity contribution >= 4 is 21.8 Å². The number of thioether (sulfide) groups is 1. The van der Waals surface area contributed by atoms with Gasteiger partial charge in [0.15, 0.2) is 11.5 Å². The van der Waals surface area contributed by atoms with Crippen LogP contribution in [0.2, 0.25) is 0 Å². The van der Waals surface area contributed by atoms with Crippen LogP contribution >= 0.6 is 11.8 Å². The molecule has 2 heterocycles. The molecule has 0 bridgehead atoms. The van der Waals surface area contributed by atoms with Crippen molar-refractivity contribution in [3.8, 4) is 11.5 Å². The minimum atomic E-state index is -3.61. The molecule has 138 valence electrons. The van der Waals surface area contributed by atoms with Crippen molar-refractivity contribution in [1.82, 2.24) is 4.31 Å². The Morgan fingerprint density at radius 3 is 2.62 bits per heavy atom. The Hall–Kier alpha value is -1.77. The van der Waals surface area contributed by atoms with E-state index in [0.29, 0.717) is 25.3 Å². The molecule has 1 unspecified atom stereocenters. The van der Waals surface area contributed by atoms with E-state index in [1.165, 1.54) is 28.6 Å². The smallest absolute Gasteiger partial charge is 0.243 e. The summed E-state index contributed by atoms with van der Waals surface area (Å²) in [6.45, 7) is 1.09. The maximum atomic E-state index is 13.1. The lowest BCUT2D eigenvalue weighted by molar-refractivity contribution is 0.174. The number of sulfonamides is 1. The molecule has 0 aromatic heterocycles. The highest BCUT2D eigenvalue weighted by Crippen LogP contribution is 2.40. The van der Waals surface area contributed by atoms with Gasteiger partial charge < -0.3 is 9.47 Å². The molecular formula is C18H18FNO4S2. The molecule has 1 fully saturated rings. The lowest BCUT2D eigenvalue weighted by Crippen LogP contribution is -2.33. The summed E-state index contributed by atoms with van der Waals surface area (Å²) in [6, 6.07) is 10.9. The molecular weight excluding hydrogens is 377 g/mol. The summed E-state index contributed by atoms with van der Waals surface area (Å²) in [7, 11) is -3.61. The predicted octanol–water partition coefficient (Wildman–Crippen LogP) is 3.42. The number of benzene rings is 2. The van der Waals surface area contributed by atoms with Gasteiger partial charge in [-0.25, -0.2) is 12.8 Å². The number of fused-ring (bicyclic) bond motifs is 1. The van der Waals surface area contributed by atoms with E-state index in [0.717, 1.165) is 17.1 Å². The third-order valence-electron chi connectivity index (χ3n) is 4.52. The van der Waals surface area contributed by atoms with E-state index in [1.807, 2.05) is 18.2 Å². The van der Waals surface area contributed by atoms with Crippen LogP contribution in [0.1, 0.15) is 17.2 Å². The van der Waals surface area contributed by atoms with E-state index >= 15 is 0 Å². The van der Waals surface area contributed by atoms with Gasteiger partial charge in [0.1, 0.15) is 5.82 Å². The molecule has 0 radical (unpaired) electrons. The van der Waals surface area contributed by atoms with E-state index in [2.05, 4.69) is 0 Å². The second-order valence-corrected chi connectivity index (χ2v) is 9.37. The Balaban J connectivity index is 1.50. The first-order chi connectivity index (χ1) is 12.5. The van der Waals surface area contributed by atoms with Crippen molar-refractivity contribution in [1.29, 1.82) is 0 Å². The van der Waals surface area contributed by atoms with Crippen LogP contribution in [0, 0.1) is 5.82 Å². The summed E-state index contributed by atoms with van der Waals surface area (Å²) in [5.41, 5.74) is 1.11. The highest BCUT2D eigenvalue weighted by Gasteiger charge is 2.29. The SMILES string of the molecule is O=S(=O)(c1ccc(F)cc1)N1CCSC(c2ccc3c(c2)OCO3)CC1. The molecule has 8 heteroatoms. The molecule has 0 aliphatic carbocycles. The fourth-order valence-electron chi connectivity index (χ4n) is 3.13. The quantitative estimate of drug-likeness (QED) is 0.797. The van der Waals surface area contributed by atoms with E-state index in [-0.39, 0.29) is 16.9 Å². The molecule has 0 amide bonds. The van der Waals surface area contributed by atoms with Gasteiger partial charge in [0.25, 0.3) is 0 Å². The summed E-state index contributed by atoms with van der Waals surface area (Å²) in [6.07, 6.45) is 0.699. The number of rotatable bonds is 3. The first-order valence-electron chi connectivity index (χ1n) is 8.31. The Kier molecular flexibility index (Phi) is 4.81. The van der Waals surface area contributed by atoms with Crippen molar-refractivity contribution in [3.05, 3.63) is 53.8 Å². The second kappa shape index (κ2) is 7.09. The van der Waals surface area contributed by atoms with Crippen LogP contribution in [0.15, 0.2) is 47.4 Å². The summed E-state index contributed by atoms with van der Waals surface area (Å²) < 4.78 is 51.0. The molecule has 4 rings (SSSR count). The number of ether oxygens (including phenoxy) is 2. The largest absolute Gasteiger partial charge is 0.454 e. The minimum absolute atomic E-state index is 0.130. The van der Waals surface area contributed by atoms with Crippen molar-refractivity contribution in [3.63, 3.8) is 0 Å². The summed E-state index contributed by atoms with van der Waals surface area (Å²) >= 11 is 1.74. The Labute approximate surface area is 156 Å². The Bertz CT molecular complexity index is 902. The highest BCUT2D eigenvalue weighted by molar-refractivity contribution is 7.99. The van der Waals surface area contributed by atoms with E-state index < -0.39 is 15.8 Å². The lowest BCUT2D eigenvalue weighted by Gasteiger charge is -2.20. The van der Waals surface area contributed by atoms with Gasteiger partial charge in [0, 0.05) is 24.1 Å². The van der Waals surface area contributed by atoms with Crippen LogP contribution in [0.4, 0.5) is 4.39 Å². The van der Waals surface area contributed by atoms with Crippen molar-refractivity contribution in [2.75, 3.05) is 25.6 Å². The zero-order chi connectivity index (χ0) is 18.1. The van der Waals surface area contributed by atoms with Gasteiger partial charge in [-0.2, -0.15) is 16.1 Å². The lowest BCUT2D eigenvalue weighted by atomic mass is 10.1. The molecule has 2 aliphatic rings. The molecule has 2 aromatic rings. The first kappa shape index (κ1) is 17.6. The molecule has 1 saturated heterocycles. The van der Waals surface area contributed by atoms with Crippen molar-refractivity contribution in [2.45, 2.75) is 16.6 Å². The average molecular weight is 395 g/mol. The number of hydrogen-bond acceptors (Lipinski definition) is 5. The molecule has 2 aliphatic heterocycles. The summed E-state index contributed by atoms with van der Waals surface area (Å²) in [4.78, 5) is 0.130. The van der Waals surface area contributed by atoms with E-state index in [4.69, 9.17) is 9.47 Å². The number of halogens is 1. The van der Waals surface area contributed by atoms with Gasteiger partial charge in [-0.15, -0.1) is 0 Å². The topological polar surface area (TPSA) is 55.8 Å². The normalized spacial score (nSPS) is 20.7. The molecule has 0 saturated carbocycles. The fourth-order valence-corrected chi connectivity index (χ4v) is 5.92. The van der Waals surface area contributed by atoms with E-state index in [1.54, 1.807) is 11.8 Å². The third-order valence-corrected chi connectivity index (χ3v) is 7.76. The number of nitrogens with zero attached hydrogens (tertiary/aromatic N) is 1.